The van der Waals surface area contributed by atoms with E-state index in [1.54, 1.807) is 0 Å². The summed E-state index contributed by atoms with van der Waals surface area (Å²) in [4.78, 5) is 10.6. The zero-order valence-corrected chi connectivity index (χ0v) is 23.2. The minimum absolute atomic E-state index is 0.128. The Labute approximate surface area is 205 Å². The summed E-state index contributed by atoms with van der Waals surface area (Å²) < 4.78 is 24.6. The minimum Gasteiger partial charge on any atom is -0.302 e. The highest BCUT2D eigenvalue weighted by atomic mass is 31.2. The number of hydrogen-bond acceptors (Lipinski definition) is 3. The van der Waals surface area contributed by atoms with Crippen LogP contribution in [-0.2, 0) is 13.6 Å². The predicted molar refractivity (Wildman–Crippen MR) is 139 cm³/mol. The van der Waals surface area contributed by atoms with E-state index in [1.165, 1.54) is 77.0 Å². The van der Waals surface area contributed by atoms with Crippen molar-refractivity contribution in [2.45, 2.75) is 155 Å². The molecule has 5 heteroatoms. The Balaban J connectivity index is 1.85. The van der Waals surface area contributed by atoms with Crippen molar-refractivity contribution < 1.29 is 18.5 Å². The van der Waals surface area contributed by atoms with Crippen LogP contribution in [0.15, 0.2) is 0 Å². The molecule has 0 aliphatic heterocycles. The van der Waals surface area contributed by atoms with Gasteiger partial charge in [0.2, 0.25) is 0 Å². The topological polar surface area (TPSA) is 55.8 Å². The molecule has 0 bridgehead atoms. The van der Waals surface area contributed by atoms with Gasteiger partial charge in [-0.15, -0.1) is 0 Å². The fourth-order valence-corrected chi connectivity index (χ4v) is 7.87. The molecule has 2 fully saturated rings. The van der Waals surface area contributed by atoms with Gasteiger partial charge < -0.3 is 4.89 Å². The summed E-state index contributed by atoms with van der Waals surface area (Å²) >= 11 is 0. The smallest absolute Gasteiger partial charge is 0.302 e. The molecule has 1 N–H and O–H groups in total. The van der Waals surface area contributed by atoms with Gasteiger partial charge >= 0.3 is 7.82 Å². The van der Waals surface area contributed by atoms with Gasteiger partial charge in [-0.25, -0.2) is 4.57 Å². The van der Waals surface area contributed by atoms with Crippen LogP contribution in [0.1, 0.15) is 143 Å². The standard InChI is InChI=1S/C28H55O4P/c1-5-9-11-15-23-17-19-27(21-25(23)13-7-3)31-33(29,30)32-28-20-18-24(16-12-10-6-2)26(22-28)14-8-4/h23-28H,5-22H2,1-4H3,(H,29,30). The molecular formula is C28H55O4P. The molecule has 2 rings (SSSR count). The van der Waals surface area contributed by atoms with Crippen LogP contribution in [-0.4, -0.2) is 17.1 Å². The second kappa shape index (κ2) is 16.0. The monoisotopic (exact) mass is 486 g/mol. The number of rotatable bonds is 16. The van der Waals surface area contributed by atoms with Gasteiger partial charge in [-0.2, -0.15) is 0 Å². The van der Waals surface area contributed by atoms with E-state index in [-0.39, 0.29) is 12.2 Å². The van der Waals surface area contributed by atoms with Crippen LogP contribution >= 0.6 is 7.82 Å². The van der Waals surface area contributed by atoms with Crippen molar-refractivity contribution in [2.75, 3.05) is 0 Å². The molecule has 2 aliphatic rings. The second-order valence-electron chi connectivity index (χ2n) is 11.2. The summed E-state index contributed by atoms with van der Waals surface area (Å²) in [6.45, 7) is 9.02. The van der Waals surface area contributed by atoms with Crippen LogP contribution in [0.3, 0.4) is 0 Å². The van der Waals surface area contributed by atoms with Gasteiger partial charge in [-0.3, -0.25) is 9.05 Å². The molecule has 0 aromatic heterocycles. The van der Waals surface area contributed by atoms with Gasteiger partial charge in [0.25, 0.3) is 0 Å². The van der Waals surface area contributed by atoms with Crippen molar-refractivity contribution in [1.82, 2.24) is 0 Å². The first-order valence-corrected chi connectivity index (χ1v) is 16.1. The predicted octanol–water partition coefficient (Wildman–Crippen LogP) is 9.45. The van der Waals surface area contributed by atoms with Gasteiger partial charge in [-0.05, 0) is 62.2 Å². The molecule has 6 unspecified atom stereocenters. The van der Waals surface area contributed by atoms with E-state index in [1.807, 2.05) is 0 Å². The number of phosphoric acid groups is 1. The van der Waals surface area contributed by atoms with Crippen LogP contribution in [0.2, 0.25) is 0 Å². The summed E-state index contributed by atoms with van der Waals surface area (Å²) in [7, 11) is -4.01. The Morgan fingerprint density at radius 3 is 1.39 bits per heavy atom. The van der Waals surface area contributed by atoms with Gasteiger partial charge in [-0.1, -0.05) is 105 Å². The lowest BCUT2D eigenvalue weighted by molar-refractivity contribution is 0.00880. The van der Waals surface area contributed by atoms with Crippen LogP contribution in [0, 0.1) is 23.7 Å². The summed E-state index contributed by atoms with van der Waals surface area (Å²) in [5.74, 6) is 2.76. The molecule has 0 spiro atoms. The van der Waals surface area contributed by atoms with Gasteiger partial charge in [0.15, 0.2) is 0 Å². The lowest BCUT2D eigenvalue weighted by Gasteiger charge is -2.38. The van der Waals surface area contributed by atoms with Crippen molar-refractivity contribution in [3.63, 3.8) is 0 Å². The zero-order chi connectivity index (χ0) is 24.1. The minimum atomic E-state index is -4.01. The van der Waals surface area contributed by atoms with Crippen molar-refractivity contribution in [1.29, 1.82) is 0 Å². The summed E-state index contributed by atoms with van der Waals surface area (Å²) in [6, 6.07) is 0. The third-order valence-electron chi connectivity index (χ3n) is 8.42. The molecule has 0 aromatic carbocycles. The fourth-order valence-electron chi connectivity index (χ4n) is 6.68. The van der Waals surface area contributed by atoms with E-state index in [9.17, 15) is 9.46 Å². The average Bonchev–Trinajstić information content (AvgIpc) is 2.77. The van der Waals surface area contributed by atoms with Crippen molar-refractivity contribution in [2.24, 2.45) is 23.7 Å². The molecule has 2 aliphatic carbocycles. The van der Waals surface area contributed by atoms with Crippen molar-refractivity contribution in [3.8, 4) is 0 Å². The van der Waals surface area contributed by atoms with Gasteiger partial charge in [0.05, 0.1) is 12.2 Å². The molecule has 0 saturated heterocycles. The third kappa shape index (κ3) is 10.7. The maximum absolute atomic E-state index is 13.0. The highest BCUT2D eigenvalue weighted by molar-refractivity contribution is 7.47. The fraction of sp³-hybridized carbons (Fsp3) is 1.00. The van der Waals surface area contributed by atoms with Crippen LogP contribution in [0.4, 0.5) is 0 Å². The Hall–Kier alpha value is 0.110. The van der Waals surface area contributed by atoms with Gasteiger partial charge in [0.1, 0.15) is 0 Å². The Kier molecular flexibility index (Phi) is 14.2. The summed E-state index contributed by atoms with van der Waals surface area (Å²) in [5, 5.41) is 0. The molecule has 0 radical (unpaired) electrons. The molecule has 0 heterocycles. The van der Waals surface area contributed by atoms with Gasteiger partial charge in [0, 0.05) is 0 Å². The zero-order valence-electron chi connectivity index (χ0n) is 22.3. The van der Waals surface area contributed by atoms with E-state index in [2.05, 4.69) is 27.7 Å². The normalized spacial score (nSPS) is 32.5. The van der Waals surface area contributed by atoms with E-state index < -0.39 is 7.82 Å². The Morgan fingerprint density at radius 1 is 0.606 bits per heavy atom. The molecule has 6 atom stereocenters. The molecule has 4 nitrogen and oxygen atoms in total. The Bertz CT molecular complexity index is 510. The van der Waals surface area contributed by atoms with E-state index in [0.717, 1.165) is 50.4 Å². The number of hydrogen-bond donors (Lipinski definition) is 1. The quantitative estimate of drug-likeness (QED) is 0.174. The Morgan fingerprint density at radius 2 is 1.03 bits per heavy atom. The highest BCUT2D eigenvalue weighted by Crippen LogP contribution is 2.52. The molecule has 33 heavy (non-hydrogen) atoms. The molecule has 2 saturated carbocycles. The van der Waals surface area contributed by atoms with E-state index in [4.69, 9.17) is 9.05 Å². The molecular weight excluding hydrogens is 431 g/mol. The van der Waals surface area contributed by atoms with Crippen LogP contribution in [0.5, 0.6) is 0 Å². The van der Waals surface area contributed by atoms with E-state index >= 15 is 0 Å². The second-order valence-corrected chi connectivity index (χ2v) is 12.5. The van der Waals surface area contributed by atoms with Crippen molar-refractivity contribution >= 4 is 7.82 Å². The number of phosphoric ester groups is 1. The number of unbranched alkanes of at least 4 members (excludes halogenated alkanes) is 4. The summed E-state index contributed by atoms with van der Waals surface area (Å²) in [5.41, 5.74) is 0. The summed E-state index contributed by atoms with van der Waals surface area (Å²) in [6.07, 6.45) is 20.8. The first-order valence-electron chi connectivity index (χ1n) is 14.6. The lowest BCUT2D eigenvalue weighted by atomic mass is 9.73. The third-order valence-corrected chi connectivity index (χ3v) is 9.55. The average molecular weight is 487 g/mol. The van der Waals surface area contributed by atoms with Crippen molar-refractivity contribution in [3.05, 3.63) is 0 Å². The molecule has 0 aromatic rings. The SMILES string of the molecule is CCCCCC1CCC(OP(=O)(O)OC2CCC(CCCCC)C(CCC)C2)CC1CCC. The van der Waals surface area contributed by atoms with E-state index in [0.29, 0.717) is 11.8 Å². The lowest BCUT2D eigenvalue weighted by Crippen LogP contribution is -2.31. The highest BCUT2D eigenvalue weighted by Gasteiger charge is 2.38. The first kappa shape index (κ1) is 29.3. The first-order chi connectivity index (χ1) is 15.9. The van der Waals surface area contributed by atoms with Crippen LogP contribution < -0.4 is 0 Å². The maximum atomic E-state index is 13.0. The molecule has 0 amide bonds. The largest absolute Gasteiger partial charge is 0.472 e. The van der Waals surface area contributed by atoms with Crippen LogP contribution in [0.25, 0.3) is 0 Å². The maximum Gasteiger partial charge on any atom is 0.472 e. The molecule has 196 valence electrons.